The Hall–Kier alpha value is -1.98. The van der Waals surface area contributed by atoms with Crippen LogP contribution in [0.25, 0.3) is 0 Å². The smallest absolute Gasteiger partial charge is 0.305 e. The summed E-state index contributed by atoms with van der Waals surface area (Å²) in [6.45, 7) is 0.159. The highest BCUT2D eigenvalue weighted by molar-refractivity contribution is 5.77. The molecule has 6 heteroatoms. The van der Waals surface area contributed by atoms with Crippen molar-refractivity contribution in [2.24, 2.45) is 5.92 Å². The summed E-state index contributed by atoms with van der Waals surface area (Å²) in [7, 11) is 0. The van der Waals surface area contributed by atoms with Gasteiger partial charge in [0.2, 0.25) is 5.91 Å². The van der Waals surface area contributed by atoms with Crippen molar-refractivity contribution in [2.45, 2.75) is 38.6 Å². The summed E-state index contributed by atoms with van der Waals surface area (Å²) in [5.41, 5.74) is 0.448. The SMILES string of the molecule is O=C(O)CCN(Cc1ccc(F)c(F)c1)C(=O)CCC1CC1. The third kappa shape index (κ3) is 5.09. The second-order valence-corrected chi connectivity index (χ2v) is 5.69. The van der Waals surface area contributed by atoms with Gasteiger partial charge in [-0.1, -0.05) is 18.9 Å². The Balaban J connectivity index is 1.99. The first-order valence-electron chi connectivity index (χ1n) is 7.39. The van der Waals surface area contributed by atoms with Gasteiger partial charge < -0.3 is 10.0 Å². The van der Waals surface area contributed by atoms with Crippen LogP contribution >= 0.6 is 0 Å². The monoisotopic (exact) mass is 311 g/mol. The molecule has 4 nitrogen and oxygen atoms in total. The van der Waals surface area contributed by atoms with Gasteiger partial charge in [-0.05, 0) is 30.0 Å². The van der Waals surface area contributed by atoms with Crippen LogP contribution < -0.4 is 0 Å². The Morgan fingerprint density at radius 3 is 2.50 bits per heavy atom. The second-order valence-electron chi connectivity index (χ2n) is 5.69. The highest BCUT2D eigenvalue weighted by Gasteiger charge is 2.24. The lowest BCUT2D eigenvalue weighted by atomic mass is 10.1. The quantitative estimate of drug-likeness (QED) is 0.803. The zero-order valence-electron chi connectivity index (χ0n) is 12.2. The van der Waals surface area contributed by atoms with Crippen LogP contribution in [0, 0.1) is 17.6 Å². The normalized spacial score (nSPS) is 13.9. The number of aliphatic carboxylic acids is 1. The van der Waals surface area contributed by atoms with Crippen LogP contribution in [0.5, 0.6) is 0 Å². The summed E-state index contributed by atoms with van der Waals surface area (Å²) < 4.78 is 26.2. The Kier molecular flexibility index (Phi) is 5.46. The van der Waals surface area contributed by atoms with Crippen LogP contribution in [-0.4, -0.2) is 28.4 Å². The predicted octanol–water partition coefficient (Wildman–Crippen LogP) is 2.96. The van der Waals surface area contributed by atoms with Gasteiger partial charge in [-0.15, -0.1) is 0 Å². The molecule has 2 rings (SSSR count). The van der Waals surface area contributed by atoms with Crippen LogP contribution in [0.3, 0.4) is 0 Å². The molecule has 1 amide bonds. The average Bonchev–Trinajstić information content (AvgIpc) is 3.28. The van der Waals surface area contributed by atoms with Crippen molar-refractivity contribution in [3.05, 3.63) is 35.4 Å². The first-order chi connectivity index (χ1) is 10.5. The third-order valence-corrected chi connectivity index (χ3v) is 3.77. The van der Waals surface area contributed by atoms with E-state index in [1.54, 1.807) is 0 Å². The maximum Gasteiger partial charge on any atom is 0.305 e. The molecule has 1 saturated carbocycles. The maximum absolute atomic E-state index is 13.2. The third-order valence-electron chi connectivity index (χ3n) is 3.77. The molecule has 1 aliphatic rings. The highest BCUT2D eigenvalue weighted by atomic mass is 19.2. The fraction of sp³-hybridized carbons (Fsp3) is 0.500. The van der Waals surface area contributed by atoms with E-state index in [4.69, 9.17) is 5.11 Å². The van der Waals surface area contributed by atoms with Crippen molar-refractivity contribution < 1.29 is 23.5 Å². The van der Waals surface area contributed by atoms with Gasteiger partial charge in [0.1, 0.15) is 0 Å². The van der Waals surface area contributed by atoms with Gasteiger partial charge in [0, 0.05) is 19.5 Å². The molecule has 1 aromatic rings. The van der Waals surface area contributed by atoms with Gasteiger partial charge in [-0.25, -0.2) is 8.78 Å². The fourth-order valence-electron chi connectivity index (χ4n) is 2.27. The van der Waals surface area contributed by atoms with Crippen molar-refractivity contribution >= 4 is 11.9 Å². The van der Waals surface area contributed by atoms with E-state index in [1.807, 2.05) is 0 Å². The molecule has 0 aliphatic heterocycles. The number of carboxylic acids is 1. The molecule has 0 spiro atoms. The molecule has 0 radical (unpaired) electrons. The maximum atomic E-state index is 13.2. The lowest BCUT2D eigenvalue weighted by molar-refractivity contribution is -0.138. The minimum Gasteiger partial charge on any atom is -0.481 e. The van der Waals surface area contributed by atoms with E-state index in [2.05, 4.69) is 0 Å². The van der Waals surface area contributed by atoms with E-state index in [0.717, 1.165) is 31.4 Å². The molecule has 120 valence electrons. The number of carbonyl (C=O) groups excluding carboxylic acids is 1. The number of carbonyl (C=O) groups is 2. The first-order valence-corrected chi connectivity index (χ1v) is 7.39. The summed E-state index contributed by atoms with van der Waals surface area (Å²) in [4.78, 5) is 24.3. The minimum absolute atomic E-state index is 0.0673. The molecule has 1 aromatic carbocycles. The van der Waals surface area contributed by atoms with Gasteiger partial charge in [0.15, 0.2) is 11.6 Å². The molecule has 0 aromatic heterocycles. The number of hydrogen-bond donors (Lipinski definition) is 1. The highest BCUT2D eigenvalue weighted by Crippen LogP contribution is 2.33. The van der Waals surface area contributed by atoms with Crippen molar-refractivity contribution in [1.82, 2.24) is 4.90 Å². The van der Waals surface area contributed by atoms with Crippen LogP contribution in [0.4, 0.5) is 8.78 Å². The van der Waals surface area contributed by atoms with Gasteiger partial charge in [-0.2, -0.15) is 0 Å². The van der Waals surface area contributed by atoms with E-state index in [-0.39, 0.29) is 25.4 Å². The number of benzene rings is 1. The van der Waals surface area contributed by atoms with Crippen molar-refractivity contribution in [3.8, 4) is 0 Å². The minimum atomic E-state index is -0.995. The predicted molar refractivity (Wildman–Crippen MR) is 76.0 cm³/mol. The Morgan fingerprint density at radius 1 is 1.18 bits per heavy atom. The van der Waals surface area contributed by atoms with Crippen LogP contribution in [0.15, 0.2) is 18.2 Å². The summed E-state index contributed by atoms with van der Waals surface area (Å²) in [6.07, 6.45) is 3.30. The Morgan fingerprint density at radius 2 is 1.91 bits per heavy atom. The zero-order valence-corrected chi connectivity index (χ0v) is 12.2. The number of rotatable bonds is 8. The number of amides is 1. The van der Waals surface area contributed by atoms with Crippen LogP contribution in [0.2, 0.25) is 0 Å². The Bertz CT molecular complexity index is 558. The van der Waals surface area contributed by atoms with Gasteiger partial charge >= 0.3 is 5.97 Å². The number of nitrogens with zero attached hydrogens (tertiary/aromatic N) is 1. The van der Waals surface area contributed by atoms with Crippen molar-refractivity contribution in [1.29, 1.82) is 0 Å². The summed E-state index contributed by atoms with van der Waals surface area (Å²) in [6, 6.07) is 3.45. The molecule has 0 heterocycles. The average molecular weight is 311 g/mol. The van der Waals surface area contributed by atoms with E-state index < -0.39 is 17.6 Å². The van der Waals surface area contributed by atoms with Gasteiger partial charge in [-0.3, -0.25) is 9.59 Å². The largest absolute Gasteiger partial charge is 0.481 e. The summed E-state index contributed by atoms with van der Waals surface area (Å²) in [5, 5.41) is 8.77. The lowest BCUT2D eigenvalue weighted by Gasteiger charge is -2.22. The van der Waals surface area contributed by atoms with E-state index in [9.17, 15) is 18.4 Å². The summed E-state index contributed by atoms with van der Waals surface area (Å²) in [5.74, 6) is -2.45. The van der Waals surface area contributed by atoms with E-state index >= 15 is 0 Å². The molecule has 0 bridgehead atoms. The van der Waals surface area contributed by atoms with E-state index in [0.29, 0.717) is 17.9 Å². The standard InChI is InChI=1S/C16H19F2NO3/c17-13-5-3-12(9-14(13)18)10-19(8-7-16(21)22)15(20)6-4-11-1-2-11/h3,5,9,11H,1-2,4,6-8,10H2,(H,21,22). The molecule has 1 fully saturated rings. The molecule has 0 unspecified atom stereocenters. The topological polar surface area (TPSA) is 57.6 Å². The zero-order chi connectivity index (χ0) is 16.1. The lowest BCUT2D eigenvalue weighted by Crippen LogP contribution is -2.32. The molecule has 0 saturated heterocycles. The summed E-state index contributed by atoms with van der Waals surface area (Å²) >= 11 is 0. The van der Waals surface area contributed by atoms with E-state index in [1.165, 1.54) is 11.0 Å². The molecule has 0 atom stereocenters. The van der Waals surface area contributed by atoms with Crippen molar-refractivity contribution in [2.75, 3.05) is 6.54 Å². The van der Waals surface area contributed by atoms with Crippen LogP contribution in [0.1, 0.15) is 37.7 Å². The Labute approximate surface area is 127 Å². The number of halogens is 2. The van der Waals surface area contributed by atoms with Crippen molar-refractivity contribution in [3.63, 3.8) is 0 Å². The second kappa shape index (κ2) is 7.33. The molecule has 1 aliphatic carbocycles. The number of hydrogen-bond acceptors (Lipinski definition) is 2. The van der Waals surface area contributed by atoms with Crippen LogP contribution in [-0.2, 0) is 16.1 Å². The molecule has 1 N–H and O–H groups in total. The molecular weight excluding hydrogens is 292 g/mol. The first kappa shape index (κ1) is 16.4. The number of carboxylic acid groups (broad SMARTS) is 1. The van der Waals surface area contributed by atoms with Gasteiger partial charge in [0.05, 0.1) is 6.42 Å². The molecular formula is C16H19F2NO3. The van der Waals surface area contributed by atoms with Gasteiger partial charge in [0.25, 0.3) is 0 Å². The fourth-order valence-corrected chi connectivity index (χ4v) is 2.27. The molecule has 22 heavy (non-hydrogen) atoms.